The maximum atomic E-state index is 12.3. The van der Waals surface area contributed by atoms with E-state index in [1.54, 1.807) is 37.5 Å². The van der Waals surface area contributed by atoms with E-state index in [-0.39, 0.29) is 5.76 Å². The van der Waals surface area contributed by atoms with Gasteiger partial charge in [-0.25, -0.2) is 4.39 Å². The summed E-state index contributed by atoms with van der Waals surface area (Å²) in [5.74, 6) is 0.728. The Morgan fingerprint density at radius 3 is 2.71 bits per heavy atom. The number of hydrogen-bond acceptors (Lipinski definition) is 3. The number of hydrogen-bond donors (Lipinski definition) is 2. The Morgan fingerprint density at radius 2 is 2.12 bits per heavy atom. The van der Waals surface area contributed by atoms with Crippen LogP contribution in [-0.2, 0) is 5.41 Å². The summed E-state index contributed by atoms with van der Waals surface area (Å²) >= 11 is 0. The summed E-state index contributed by atoms with van der Waals surface area (Å²) in [5.41, 5.74) is 1.74. The van der Waals surface area contributed by atoms with E-state index < -0.39 is 18.2 Å². The van der Waals surface area contributed by atoms with Crippen molar-refractivity contribution in [2.75, 3.05) is 13.8 Å². The lowest BCUT2D eigenvalue weighted by molar-refractivity contribution is 0.187. The molecular formula is C20H23FO3. The van der Waals surface area contributed by atoms with Crippen LogP contribution in [0, 0.1) is 0 Å². The molecule has 128 valence electrons. The zero-order chi connectivity index (χ0) is 17.9. The molecular weight excluding hydrogens is 307 g/mol. The summed E-state index contributed by atoms with van der Waals surface area (Å²) in [6.07, 6.45) is 5.07. The van der Waals surface area contributed by atoms with Crippen LogP contribution in [-0.4, -0.2) is 24.0 Å². The van der Waals surface area contributed by atoms with Gasteiger partial charge in [0.25, 0.3) is 0 Å². The molecule has 0 bridgehead atoms. The third-order valence-electron chi connectivity index (χ3n) is 4.38. The Labute approximate surface area is 142 Å². The third-order valence-corrected chi connectivity index (χ3v) is 4.38. The lowest BCUT2D eigenvalue weighted by Crippen LogP contribution is -2.30. The Hall–Kier alpha value is -2.33. The molecule has 2 rings (SSSR count). The van der Waals surface area contributed by atoms with Gasteiger partial charge in [0.05, 0.1) is 7.11 Å². The molecule has 0 aliphatic heterocycles. The van der Waals surface area contributed by atoms with Crippen LogP contribution < -0.4 is 4.74 Å². The molecule has 1 aliphatic carbocycles. The molecule has 1 aromatic rings. The van der Waals surface area contributed by atoms with Crippen molar-refractivity contribution in [2.24, 2.45) is 0 Å². The largest absolute Gasteiger partial charge is 0.511 e. The molecule has 0 fully saturated rings. The van der Waals surface area contributed by atoms with Gasteiger partial charge in [0.2, 0.25) is 0 Å². The average molecular weight is 330 g/mol. The van der Waals surface area contributed by atoms with Crippen LogP contribution in [0.15, 0.2) is 66.0 Å². The van der Waals surface area contributed by atoms with Crippen molar-refractivity contribution in [2.45, 2.75) is 25.4 Å². The summed E-state index contributed by atoms with van der Waals surface area (Å²) in [4.78, 5) is 0. The summed E-state index contributed by atoms with van der Waals surface area (Å²) in [6, 6.07) is 5.40. The van der Waals surface area contributed by atoms with Gasteiger partial charge in [-0.2, -0.15) is 0 Å². The topological polar surface area (TPSA) is 49.7 Å². The minimum Gasteiger partial charge on any atom is -0.511 e. The molecule has 0 heterocycles. The SMILES string of the molecule is C=C/C(=C\C=C/CF)C1=C(O)C(C)(C)c2cc(OC)ccc2C1O. The van der Waals surface area contributed by atoms with Crippen molar-refractivity contribution in [3.63, 3.8) is 0 Å². The maximum absolute atomic E-state index is 12.3. The van der Waals surface area contributed by atoms with Gasteiger partial charge in [-0.15, -0.1) is 0 Å². The summed E-state index contributed by atoms with van der Waals surface area (Å²) in [6.45, 7) is 6.92. The number of aliphatic hydroxyl groups excluding tert-OH is 2. The molecule has 0 radical (unpaired) electrons. The zero-order valence-corrected chi connectivity index (χ0v) is 14.2. The number of alkyl halides is 1. The first kappa shape index (κ1) is 18.0. The quantitative estimate of drug-likeness (QED) is 0.783. The number of halogens is 1. The molecule has 4 heteroatoms. The van der Waals surface area contributed by atoms with E-state index in [9.17, 15) is 14.6 Å². The van der Waals surface area contributed by atoms with E-state index in [2.05, 4.69) is 6.58 Å². The van der Waals surface area contributed by atoms with Gasteiger partial charge in [-0.3, -0.25) is 0 Å². The van der Waals surface area contributed by atoms with E-state index in [1.165, 1.54) is 6.08 Å². The molecule has 0 aromatic heterocycles. The van der Waals surface area contributed by atoms with Gasteiger partial charge < -0.3 is 14.9 Å². The van der Waals surface area contributed by atoms with E-state index in [4.69, 9.17) is 4.74 Å². The van der Waals surface area contributed by atoms with Crippen LogP contribution in [0.1, 0.15) is 31.1 Å². The summed E-state index contributed by atoms with van der Waals surface area (Å²) in [7, 11) is 1.57. The molecule has 0 saturated carbocycles. The molecule has 0 saturated heterocycles. The normalized spacial score (nSPS) is 20.2. The first-order valence-corrected chi connectivity index (χ1v) is 7.74. The number of aliphatic hydroxyl groups is 2. The summed E-state index contributed by atoms with van der Waals surface area (Å²) in [5, 5.41) is 21.6. The highest BCUT2D eigenvalue weighted by molar-refractivity contribution is 5.58. The summed E-state index contributed by atoms with van der Waals surface area (Å²) < 4.78 is 17.5. The van der Waals surface area contributed by atoms with Crippen molar-refractivity contribution in [3.05, 3.63) is 77.1 Å². The van der Waals surface area contributed by atoms with Crippen LogP contribution in [0.25, 0.3) is 0 Å². The molecule has 3 nitrogen and oxygen atoms in total. The van der Waals surface area contributed by atoms with Gasteiger partial charge >= 0.3 is 0 Å². The fraction of sp³-hybridized carbons (Fsp3) is 0.300. The first-order chi connectivity index (χ1) is 11.4. The number of rotatable bonds is 5. The van der Waals surface area contributed by atoms with Crippen molar-refractivity contribution in [1.82, 2.24) is 0 Å². The minimum atomic E-state index is -0.998. The predicted molar refractivity (Wildman–Crippen MR) is 94.0 cm³/mol. The fourth-order valence-corrected chi connectivity index (χ4v) is 2.98. The Morgan fingerprint density at radius 1 is 1.42 bits per heavy atom. The second-order valence-electron chi connectivity index (χ2n) is 6.15. The molecule has 1 aromatic carbocycles. The van der Waals surface area contributed by atoms with Crippen LogP contribution >= 0.6 is 0 Å². The van der Waals surface area contributed by atoms with Gasteiger partial charge in [0.15, 0.2) is 0 Å². The number of allylic oxidation sites excluding steroid dienone is 5. The number of fused-ring (bicyclic) bond motifs is 1. The number of methoxy groups -OCH3 is 1. The first-order valence-electron chi connectivity index (χ1n) is 7.74. The number of ether oxygens (including phenoxy) is 1. The number of benzene rings is 1. The van der Waals surface area contributed by atoms with Crippen LogP contribution in [0.2, 0.25) is 0 Å². The molecule has 0 spiro atoms. The van der Waals surface area contributed by atoms with Crippen molar-refractivity contribution >= 4 is 0 Å². The van der Waals surface area contributed by atoms with Crippen LogP contribution in [0.5, 0.6) is 5.75 Å². The second-order valence-corrected chi connectivity index (χ2v) is 6.15. The van der Waals surface area contributed by atoms with E-state index in [1.807, 2.05) is 19.9 Å². The molecule has 0 amide bonds. The maximum Gasteiger partial charge on any atom is 0.119 e. The van der Waals surface area contributed by atoms with Gasteiger partial charge in [-0.05, 0) is 42.7 Å². The minimum absolute atomic E-state index is 0.0653. The average Bonchev–Trinajstić information content (AvgIpc) is 2.58. The lowest BCUT2D eigenvalue weighted by atomic mass is 9.70. The van der Waals surface area contributed by atoms with Gasteiger partial charge in [0.1, 0.15) is 24.3 Å². The molecule has 2 N–H and O–H groups in total. The van der Waals surface area contributed by atoms with Crippen molar-refractivity contribution in [3.8, 4) is 5.75 Å². The fourth-order valence-electron chi connectivity index (χ4n) is 2.98. The van der Waals surface area contributed by atoms with E-state index >= 15 is 0 Å². The van der Waals surface area contributed by atoms with Gasteiger partial charge in [0, 0.05) is 11.0 Å². The monoisotopic (exact) mass is 330 g/mol. The third kappa shape index (κ3) is 3.02. The van der Waals surface area contributed by atoms with E-state index in [0.717, 1.165) is 5.56 Å². The smallest absolute Gasteiger partial charge is 0.119 e. The highest BCUT2D eigenvalue weighted by Crippen LogP contribution is 2.47. The highest BCUT2D eigenvalue weighted by Gasteiger charge is 2.40. The second kappa shape index (κ2) is 7.05. The van der Waals surface area contributed by atoms with Crippen LogP contribution in [0.4, 0.5) is 4.39 Å². The van der Waals surface area contributed by atoms with Crippen molar-refractivity contribution < 1.29 is 19.3 Å². The molecule has 24 heavy (non-hydrogen) atoms. The Balaban J connectivity index is 2.64. The predicted octanol–water partition coefficient (Wildman–Crippen LogP) is 4.47. The lowest BCUT2D eigenvalue weighted by Gasteiger charge is -2.37. The molecule has 1 unspecified atom stereocenters. The Bertz CT molecular complexity index is 726. The molecule has 1 aliphatic rings. The van der Waals surface area contributed by atoms with Gasteiger partial charge in [-0.1, -0.05) is 36.9 Å². The van der Waals surface area contributed by atoms with Crippen LogP contribution in [0.3, 0.4) is 0 Å². The van der Waals surface area contributed by atoms with E-state index in [0.29, 0.717) is 22.5 Å². The standard InChI is InChI=1S/C20H23FO3/c1-5-13(8-6-7-11-21)17-18(22)15-10-9-14(24-4)12-16(15)20(2,3)19(17)23/h5-10,12,18,22-23H,1,11H2,2-4H3/b7-6-,13-8+. The van der Waals surface area contributed by atoms with Crippen molar-refractivity contribution in [1.29, 1.82) is 0 Å². The zero-order valence-electron chi connectivity index (χ0n) is 14.2. The molecule has 1 atom stereocenters. The highest BCUT2D eigenvalue weighted by atomic mass is 19.1. The Kier molecular flexibility index (Phi) is 5.30.